The van der Waals surface area contributed by atoms with Gasteiger partial charge < -0.3 is 14.8 Å². The van der Waals surface area contributed by atoms with Crippen LogP contribution < -0.4 is 5.32 Å². The van der Waals surface area contributed by atoms with E-state index >= 15 is 0 Å². The quantitative estimate of drug-likeness (QED) is 0.701. The standard InChI is InChI=1S/C21H27ClN4O/c1-4-25(5-2)12-7-8-16(3)24-21(27)20-17(15-23)11-13-26(20)19-10-6-9-18(22)14-19/h6,9-11,13-14,16H,4-5,7-8,12H2,1-3H3,(H,24,27)/t16-/m1/s1. The lowest BCUT2D eigenvalue weighted by atomic mass is 10.1. The molecule has 1 aromatic heterocycles. The Bertz CT molecular complexity index is 805. The number of aromatic nitrogens is 1. The van der Waals surface area contributed by atoms with Gasteiger partial charge in [-0.15, -0.1) is 0 Å². The summed E-state index contributed by atoms with van der Waals surface area (Å²) in [4.78, 5) is 15.2. The van der Waals surface area contributed by atoms with Crippen LogP contribution in [0.3, 0.4) is 0 Å². The summed E-state index contributed by atoms with van der Waals surface area (Å²) < 4.78 is 1.71. The first kappa shape index (κ1) is 21.0. The first-order chi connectivity index (χ1) is 13.0. The Kier molecular flexibility index (Phi) is 7.90. The van der Waals surface area contributed by atoms with Crippen molar-refractivity contribution in [2.24, 2.45) is 0 Å². The summed E-state index contributed by atoms with van der Waals surface area (Å²) in [6.07, 6.45) is 3.63. The van der Waals surface area contributed by atoms with E-state index in [-0.39, 0.29) is 11.9 Å². The fourth-order valence-corrected chi connectivity index (χ4v) is 3.31. The minimum absolute atomic E-state index is 0.0299. The van der Waals surface area contributed by atoms with Crippen LogP contribution in [0.15, 0.2) is 36.5 Å². The molecule has 0 fully saturated rings. The van der Waals surface area contributed by atoms with Crippen molar-refractivity contribution in [2.75, 3.05) is 19.6 Å². The minimum atomic E-state index is -0.244. The number of nitriles is 1. The van der Waals surface area contributed by atoms with E-state index in [4.69, 9.17) is 11.6 Å². The van der Waals surface area contributed by atoms with E-state index in [9.17, 15) is 10.1 Å². The highest BCUT2D eigenvalue weighted by atomic mass is 35.5. The van der Waals surface area contributed by atoms with Gasteiger partial charge in [0.05, 0.1) is 5.56 Å². The normalized spacial score (nSPS) is 12.0. The molecule has 6 heteroatoms. The van der Waals surface area contributed by atoms with Crippen molar-refractivity contribution in [1.82, 2.24) is 14.8 Å². The number of nitrogens with zero attached hydrogens (tertiary/aromatic N) is 3. The zero-order chi connectivity index (χ0) is 19.8. The van der Waals surface area contributed by atoms with E-state index < -0.39 is 0 Å². The van der Waals surface area contributed by atoms with Crippen LogP contribution in [0.5, 0.6) is 0 Å². The molecule has 0 saturated carbocycles. The molecule has 0 aliphatic heterocycles. The fraction of sp³-hybridized carbons (Fsp3) is 0.429. The van der Waals surface area contributed by atoms with Gasteiger partial charge >= 0.3 is 0 Å². The second-order valence-corrected chi connectivity index (χ2v) is 7.02. The van der Waals surface area contributed by atoms with E-state index in [0.717, 1.165) is 38.2 Å². The van der Waals surface area contributed by atoms with E-state index in [1.165, 1.54) is 0 Å². The van der Waals surface area contributed by atoms with E-state index in [0.29, 0.717) is 16.3 Å². The van der Waals surface area contributed by atoms with Crippen LogP contribution in [0, 0.1) is 11.3 Å². The van der Waals surface area contributed by atoms with Crippen LogP contribution in [-0.2, 0) is 0 Å². The molecule has 1 amide bonds. The Morgan fingerprint density at radius 2 is 2.07 bits per heavy atom. The average Bonchev–Trinajstić information content (AvgIpc) is 3.09. The molecule has 0 spiro atoms. The topological polar surface area (TPSA) is 61.1 Å². The number of carbonyl (C=O) groups is 1. The first-order valence-corrected chi connectivity index (χ1v) is 9.78. The van der Waals surface area contributed by atoms with Gasteiger partial charge in [0.2, 0.25) is 0 Å². The van der Waals surface area contributed by atoms with Crippen LogP contribution in [0.2, 0.25) is 5.02 Å². The summed E-state index contributed by atoms with van der Waals surface area (Å²) in [5, 5.41) is 13.0. The highest BCUT2D eigenvalue weighted by Gasteiger charge is 2.20. The molecule has 0 aliphatic carbocycles. The number of benzene rings is 1. The Labute approximate surface area is 166 Å². The summed E-state index contributed by atoms with van der Waals surface area (Å²) in [7, 11) is 0. The Morgan fingerprint density at radius 1 is 1.33 bits per heavy atom. The van der Waals surface area contributed by atoms with Crippen LogP contribution in [-0.4, -0.2) is 41.1 Å². The number of halogens is 1. The predicted octanol–water partition coefficient (Wildman–Crippen LogP) is 4.24. The third kappa shape index (κ3) is 5.59. The second kappa shape index (κ2) is 10.1. The van der Waals surface area contributed by atoms with Crippen molar-refractivity contribution in [2.45, 2.75) is 39.7 Å². The van der Waals surface area contributed by atoms with Gasteiger partial charge in [-0.05, 0) is 63.7 Å². The number of hydrogen-bond acceptors (Lipinski definition) is 3. The fourth-order valence-electron chi connectivity index (χ4n) is 3.12. The maximum atomic E-state index is 12.9. The molecule has 5 nitrogen and oxygen atoms in total. The SMILES string of the molecule is CCN(CC)CCC[C@@H](C)NC(=O)c1c(C#N)ccn1-c1cccc(Cl)c1. The summed E-state index contributed by atoms with van der Waals surface area (Å²) in [5.41, 5.74) is 1.45. The van der Waals surface area contributed by atoms with Crippen LogP contribution >= 0.6 is 11.6 Å². The lowest BCUT2D eigenvalue weighted by Crippen LogP contribution is -2.35. The highest BCUT2D eigenvalue weighted by molar-refractivity contribution is 6.30. The van der Waals surface area contributed by atoms with Crippen molar-refractivity contribution < 1.29 is 4.79 Å². The smallest absolute Gasteiger partial charge is 0.269 e. The lowest BCUT2D eigenvalue weighted by Gasteiger charge is -2.20. The van der Waals surface area contributed by atoms with Gasteiger partial charge in [-0.1, -0.05) is 31.5 Å². The van der Waals surface area contributed by atoms with E-state index in [2.05, 4.69) is 30.1 Å². The third-order valence-electron chi connectivity index (χ3n) is 4.69. The zero-order valence-electron chi connectivity index (χ0n) is 16.2. The molecule has 1 aromatic carbocycles. The zero-order valence-corrected chi connectivity index (χ0v) is 17.0. The van der Waals surface area contributed by atoms with Gasteiger partial charge in [0.25, 0.3) is 5.91 Å². The first-order valence-electron chi connectivity index (χ1n) is 9.40. The van der Waals surface area contributed by atoms with Gasteiger partial charge in [-0.3, -0.25) is 4.79 Å². The number of rotatable bonds is 9. The van der Waals surface area contributed by atoms with E-state index in [1.54, 1.807) is 29.0 Å². The molecule has 0 unspecified atom stereocenters. The molecule has 0 aliphatic rings. The summed E-state index contributed by atoms with van der Waals surface area (Å²) >= 11 is 6.08. The summed E-state index contributed by atoms with van der Waals surface area (Å²) in [6, 6.07) is 11.0. The van der Waals surface area contributed by atoms with Crippen molar-refractivity contribution >= 4 is 17.5 Å². The molecule has 0 saturated heterocycles. The monoisotopic (exact) mass is 386 g/mol. The van der Waals surface area contributed by atoms with Gasteiger partial charge in [-0.25, -0.2) is 0 Å². The minimum Gasteiger partial charge on any atom is -0.348 e. The number of hydrogen-bond donors (Lipinski definition) is 1. The average molecular weight is 387 g/mol. The Morgan fingerprint density at radius 3 is 2.70 bits per heavy atom. The largest absolute Gasteiger partial charge is 0.348 e. The molecule has 2 rings (SSSR count). The van der Waals surface area contributed by atoms with Gasteiger partial charge in [0, 0.05) is 22.9 Å². The van der Waals surface area contributed by atoms with Crippen molar-refractivity contribution in [3.05, 3.63) is 52.8 Å². The molecule has 2 aromatic rings. The molecule has 1 atom stereocenters. The van der Waals surface area contributed by atoms with Crippen LogP contribution in [0.4, 0.5) is 0 Å². The molecule has 0 bridgehead atoms. The van der Waals surface area contributed by atoms with Crippen molar-refractivity contribution in [3.63, 3.8) is 0 Å². The van der Waals surface area contributed by atoms with Gasteiger partial charge in [0.1, 0.15) is 11.8 Å². The van der Waals surface area contributed by atoms with Crippen LogP contribution in [0.1, 0.15) is 49.7 Å². The maximum Gasteiger partial charge on any atom is 0.269 e. The van der Waals surface area contributed by atoms with Gasteiger partial charge in [-0.2, -0.15) is 5.26 Å². The molecule has 144 valence electrons. The van der Waals surface area contributed by atoms with E-state index in [1.807, 2.05) is 19.1 Å². The second-order valence-electron chi connectivity index (χ2n) is 6.58. The van der Waals surface area contributed by atoms with Gasteiger partial charge in [0.15, 0.2) is 0 Å². The maximum absolute atomic E-state index is 12.9. The number of amides is 1. The van der Waals surface area contributed by atoms with Crippen LogP contribution in [0.25, 0.3) is 5.69 Å². The number of nitrogens with one attached hydrogen (secondary N) is 1. The molecule has 1 N–H and O–H groups in total. The summed E-state index contributed by atoms with van der Waals surface area (Å²) in [6.45, 7) is 9.41. The highest BCUT2D eigenvalue weighted by Crippen LogP contribution is 2.20. The third-order valence-corrected chi connectivity index (χ3v) is 4.93. The molecule has 27 heavy (non-hydrogen) atoms. The molecular formula is C21H27ClN4O. The van der Waals surface area contributed by atoms with Crippen molar-refractivity contribution in [1.29, 1.82) is 5.26 Å². The van der Waals surface area contributed by atoms with Crippen molar-refractivity contribution in [3.8, 4) is 11.8 Å². The molecular weight excluding hydrogens is 360 g/mol. The predicted molar refractivity (Wildman–Crippen MR) is 109 cm³/mol. The Hall–Kier alpha value is -2.29. The molecule has 1 heterocycles. The number of carbonyl (C=O) groups excluding carboxylic acids is 1. The Balaban J connectivity index is 2.09. The summed E-state index contributed by atoms with van der Waals surface area (Å²) in [5.74, 6) is -0.244. The molecule has 0 radical (unpaired) electrons. The lowest BCUT2D eigenvalue weighted by molar-refractivity contribution is 0.0930.